The number of rotatable bonds is 3. The van der Waals surface area contributed by atoms with Crippen LogP contribution in [0, 0.1) is 0 Å². The van der Waals surface area contributed by atoms with Crippen molar-refractivity contribution in [2.24, 2.45) is 0 Å². The molecule has 0 atom stereocenters. The van der Waals surface area contributed by atoms with E-state index in [1.165, 1.54) is 5.69 Å². The molecule has 0 bridgehead atoms. The first-order chi connectivity index (χ1) is 10.3. The van der Waals surface area contributed by atoms with Crippen molar-refractivity contribution in [1.82, 2.24) is 4.98 Å². The molecule has 4 nitrogen and oxygen atoms in total. The van der Waals surface area contributed by atoms with E-state index in [0.29, 0.717) is 0 Å². The third-order valence-corrected chi connectivity index (χ3v) is 4.04. The lowest BCUT2D eigenvalue weighted by Gasteiger charge is -2.36. The molecule has 1 aliphatic heterocycles. The predicted molar refractivity (Wildman–Crippen MR) is 86.0 cm³/mol. The minimum Gasteiger partial charge on any atom is -0.392 e. The number of aliphatic hydroxyl groups excluding tert-OH is 1. The second kappa shape index (κ2) is 6.33. The first-order valence-corrected chi connectivity index (χ1v) is 7.45. The van der Waals surface area contributed by atoms with Gasteiger partial charge >= 0.3 is 0 Å². The van der Waals surface area contributed by atoms with Crippen molar-refractivity contribution in [2.75, 3.05) is 36.0 Å². The van der Waals surface area contributed by atoms with Crippen LogP contribution in [0.4, 0.5) is 11.5 Å². The fraction of sp³-hybridized carbons (Fsp3) is 0.312. The molecule has 0 radical (unpaired) electrons. The van der Waals surface area contributed by atoms with Gasteiger partial charge in [-0.1, -0.05) is 17.7 Å². The second-order valence-electron chi connectivity index (χ2n) is 5.13. The number of pyridine rings is 1. The van der Waals surface area contributed by atoms with E-state index in [-0.39, 0.29) is 6.61 Å². The van der Waals surface area contributed by atoms with Crippen molar-refractivity contribution in [3.05, 3.63) is 53.2 Å². The lowest BCUT2D eigenvalue weighted by molar-refractivity contribution is 0.281. The van der Waals surface area contributed by atoms with Gasteiger partial charge in [-0.25, -0.2) is 4.98 Å². The van der Waals surface area contributed by atoms with E-state index in [1.54, 1.807) is 6.20 Å². The molecule has 1 fully saturated rings. The summed E-state index contributed by atoms with van der Waals surface area (Å²) in [5, 5.41) is 9.82. The Balaban J connectivity index is 1.62. The summed E-state index contributed by atoms with van der Waals surface area (Å²) in [7, 11) is 0. The van der Waals surface area contributed by atoms with Crippen LogP contribution >= 0.6 is 11.6 Å². The number of hydrogen-bond acceptors (Lipinski definition) is 4. The Bertz CT molecular complexity index is 577. The highest BCUT2D eigenvalue weighted by atomic mass is 35.5. The zero-order valence-corrected chi connectivity index (χ0v) is 12.5. The number of piperazine rings is 1. The van der Waals surface area contributed by atoms with Gasteiger partial charge in [0, 0.05) is 43.1 Å². The minimum atomic E-state index is 0.0393. The minimum absolute atomic E-state index is 0.0393. The summed E-state index contributed by atoms with van der Waals surface area (Å²) in [5.74, 6) is 0.975. The molecular weight excluding hydrogens is 286 g/mol. The molecule has 1 saturated heterocycles. The van der Waals surface area contributed by atoms with Gasteiger partial charge in [-0.05, 0) is 35.9 Å². The van der Waals surface area contributed by atoms with Crippen LogP contribution in [-0.2, 0) is 6.61 Å². The van der Waals surface area contributed by atoms with Gasteiger partial charge in [0.25, 0.3) is 0 Å². The van der Waals surface area contributed by atoms with E-state index in [9.17, 15) is 0 Å². The van der Waals surface area contributed by atoms with E-state index in [1.807, 2.05) is 24.3 Å². The lowest BCUT2D eigenvalue weighted by Crippen LogP contribution is -2.46. The zero-order valence-electron chi connectivity index (χ0n) is 11.7. The van der Waals surface area contributed by atoms with Crippen molar-refractivity contribution in [1.29, 1.82) is 0 Å². The molecule has 1 N–H and O–H groups in total. The molecular formula is C16H18ClN3O. The van der Waals surface area contributed by atoms with Gasteiger partial charge in [0.1, 0.15) is 5.82 Å². The molecule has 2 aromatic rings. The summed E-state index contributed by atoms with van der Waals surface area (Å²) in [4.78, 5) is 9.04. The number of nitrogens with zero attached hydrogens (tertiary/aromatic N) is 3. The van der Waals surface area contributed by atoms with E-state index in [0.717, 1.165) is 42.6 Å². The Kier molecular flexibility index (Phi) is 4.27. The number of halogens is 1. The van der Waals surface area contributed by atoms with Crippen LogP contribution in [0.25, 0.3) is 0 Å². The average molecular weight is 304 g/mol. The molecule has 1 aromatic carbocycles. The molecule has 0 unspecified atom stereocenters. The fourth-order valence-corrected chi connectivity index (χ4v) is 2.67. The van der Waals surface area contributed by atoms with Gasteiger partial charge in [-0.3, -0.25) is 0 Å². The highest BCUT2D eigenvalue weighted by Crippen LogP contribution is 2.21. The van der Waals surface area contributed by atoms with Crippen LogP contribution in [0.5, 0.6) is 0 Å². The maximum atomic E-state index is 9.05. The lowest BCUT2D eigenvalue weighted by atomic mass is 10.2. The number of benzene rings is 1. The highest BCUT2D eigenvalue weighted by molar-refractivity contribution is 6.30. The molecule has 1 aliphatic rings. The van der Waals surface area contributed by atoms with Crippen molar-refractivity contribution in [2.45, 2.75) is 6.61 Å². The third-order valence-electron chi connectivity index (χ3n) is 3.79. The summed E-state index contributed by atoms with van der Waals surface area (Å²) in [5.41, 5.74) is 2.06. The van der Waals surface area contributed by atoms with Crippen LogP contribution in [0.2, 0.25) is 5.02 Å². The number of anilines is 2. The van der Waals surface area contributed by atoms with Crippen LogP contribution < -0.4 is 9.80 Å². The Morgan fingerprint density at radius 3 is 2.19 bits per heavy atom. The molecule has 21 heavy (non-hydrogen) atoms. The maximum absolute atomic E-state index is 9.05. The largest absolute Gasteiger partial charge is 0.392 e. The van der Waals surface area contributed by atoms with E-state index >= 15 is 0 Å². The highest BCUT2D eigenvalue weighted by Gasteiger charge is 2.18. The van der Waals surface area contributed by atoms with Gasteiger partial charge in [0.15, 0.2) is 0 Å². The number of hydrogen-bond donors (Lipinski definition) is 1. The first kappa shape index (κ1) is 14.2. The monoisotopic (exact) mass is 303 g/mol. The average Bonchev–Trinajstić information content (AvgIpc) is 2.56. The molecule has 0 spiro atoms. The quantitative estimate of drug-likeness (QED) is 0.946. The van der Waals surface area contributed by atoms with Gasteiger partial charge < -0.3 is 14.9 Å². The van der Waals surface area contributed by atoms with E-state index in [4.69, 9.17) is 16.7 Å². The molecule has 2 heterocycles. The molecule has 110 valence electrons. The molecule has 0 amide bonds. The van der Waals surface area contributed by atoms with Crippen molar-refractivity contribution in [3.8, 4) is 0 Å². The summed E-state index contributed by atoms with van der Waals surface area (Å²) in [6, 6.07) is 11.9. The van der Waals surface area contributed by atoms with Gasteiger partial charge in [-0.15, -0.1) is 0 Å². The first-order valence-electron chi connectivity index (χ1n) is 7.07. The number of aromatic nitrogens is 1. The normalized spacial score (nSPS) is 15.3. The van der Waals surface area contributed by atoms with Gasteiger partial charge in [-0.2, -0.15) is 0 Å². The topological polar surface area (TPSA) is 39.6 Å². The summed E-state index contributed by atoms with van der Waals surface area (Å²) in [6.07, 6.45) is 1.74. The van der Waals surface area contributed by atoms with E-state index < -0.39 is 0 Å². The van der Waals surface area contributed by atoms with E-state index in [2.05, 4.69) is 26.9 Å². The van der Waals surface area contributed by atoms with Crippen LogP contribution in [0.15, 0.2) is 42.6 Å². The maximum Gasteiger partial charge on any atom is 0.128 e. The molecule has 3 rings (SSSR count). The van der Waals surface area contributed by atoms with Crippen LogP contribution in [-0.4, -0.2) is 36.3 Å². The Morgan fingerprint density at radius 1 is 0.952 bits per heavy atom. The Hall–Kier alpha value is -1.78. The summed E-state index contributed by atoms with van der Waals surface area (Å²) in [6.45, 7) is 3.84. The SMILES string of the molecule is OCc1ccc(N2CCN(c3ccc(Cl)cc3)CC2)nc1. The van der Waals surface area contributed by atoms with Crippen LogP contribution in [0.1, 0.15) is 5.56 Å². The van der Waals surface area contributed by atoms with Crippen molar-refractivity contribution < 1.29 is 5.11 Å². The standard InChI is InChI=1S/C16H18ClN3O/c17-14-2-4-15(5-3-14)19-7-9-20(10-8-19)16-6-1-13(12-21)11-18-16/h1-6,11,21H,7-10,12H2. The molecule has 1 aromatic heterocycles. The van der Waals surface area contributed by atoms with Crippen molar-refractivity contribution in [3.63, 3.8) is 0 Å². The van der Waals surface area contributed by atoms with Crippen LogP contribution in [0.3, 0.4) is 0 Å². The molecule has 0 saturated carbocycles. The summed E-state index contributed by atoms with van der Waals surface area (Å²) < 4.78 is 0. The van der Waals surface area contributed by atoms with Gasteiger partial charge in [0.05, 0.1) is 6.61 Å². The zero-order chi connectivity index (χ0) is 14.7. The van der Waals surface area contributed by atoms with Crippen molar-refractivity contribution >= 4 is 23.1 Å². The Morgan fingerprint density at radius 2 is 1.62 bits per heavy atom. The predicted octanol–water partition coefficient (Wildman–Crippen LogP) is 2.55. The smallest absolute Gasteiger partial charge is 0.128 e. The molecule has 5 heteroatoms. The summed E-state index contributed by atoms with van der Waals surface area (Å²) >= 11 is 5.93. The third kappa shape index (κ3) is 3.28. The second-order valence-corrected chi connectivity index (χ2v) is 5.57. The Labute approximate surface area is 129 Å². The number of aliphatic hydroxyl groups is 1. The molecule has 0 aliphatic carbocycles. The van der Waals surface area contributed by atoms with Gasteiger partial charge in [0.2, 0.25) is 0 Å². The fourth-order valence-electron chi connectivity index (χ4n) is 2.54.